The molecule has 5 nitrogen and oxygen atoms in total. The molecule has 0 radical (unpaired) electrons. The molecule has 2 rings (SSSR count). The Morgan fingerprint density at radius 2 is 1.90 bits per heavy atom. The van der Waals surface area contributed by atoms with Crippen molar-refractivity contribution in [2.45, 2.75) is 51.5 Å². The average Bonchev–Trinajstić information content (AvgIpc) is 2.40. The Bertz CT molecular complexity index is 389. The van der Waals surface area contributed by atoms with E-state index >= 15 is 0 Å². The molecule has 7 heteroatoms. The summed E-state index contributed by atoms with van der Waals surface area (Å²) in [5, 5.41) is 0. The Kier molecular flexibility index (Phi) is 7.21. The topological polar surface area (TPSA) is 66.6 Å². The predicted octanol–water partition coefficient (Wildman–Crippen LogP) is 1.59. The highest BCUT2D eigenvalue weighted by atomic mass is 35.5. The molecule has 0 aromatic carbocycles. The Morgan fingerprint density at radius 1 is 1.15 bits per heavy atom. The molecule has 2 aliphatic heterocycles. The number of hydrogen-bond donors (Lipinski definition) is 1. The molecule has 2 atom stereocenters. The Hall–Kier alpha value is 0.120. The van der Waals surface area contributed by atoms with Crippen LogP contribution < -0.4 is 5.73 Å². The minimum absolute atomic E-state index is 0. The van der Waals surface area contributed by atoms with Crippen molar-refractivity contribution in [1.82, 2.24) is 8.61 Å². The Labute approximate surface area is 129 Å². The molecular weight excluding hydrogens is 298 g/mol. The van der Waals surface area contributed by atoms with Crippen LogP contribution in [0.15, 0.2) is 0 Å². The van der Waals surface area contributed by atoms with Gasteiger partial charge in [0.25, 0.3) is 10.2 Å². The Morgan fingerprint density at radius 3 is 2.55 bits per heavy atom. The van der Waals surface area contributed by atoms with Crippen molar-refractivity contribution in [2.24, 2.45) is 11.7 Å². The number of halogens is 1. The normalized spacial score (nSPS) is 29.9. The number of nitrogens with two attached hydrogens (primary N) is 1. The van der Waals surface area contributed by atoms with Crippen molar-refractivity contribution in [3.63, 3.8) is 0 Å². The predicted molar refractivity (Wildman–Crippen MR) is 84.2 cm³/mol. The standard InChI is InChI=1S/C13H27N3O2S.ClH/c1-12-5-2-3-10-16(12)19(17,18)15-9-4-6-13(11-15)7-8-14;/h12-13H,2-11,14H2,1H3;1H. The number of piperidine rings is 2. The van der Waals surface area contributed by atoms with E-state index < -0.39 is 10.2 Å². The third-order valence-corrected chi connectivity index (χ3v) is 6.54. The summed E-state index contributed by atoms with van der Waals surface area (Å²) in [6.45, 7) is 4.69. The van der Waals surface area contributed by atoms with Crippen molar-refractivity contribution < 1.29 is 8.42 Å². The zero-order chi connectivity index (χ0) is 13.9. The van der Waals surface area contributed by atoms with Gasteiger partial charge in [-0.25, -0.2) is 0 Å². The van der Waals surface area contributed by atoms with Gasteiger partial charge in [0.15, 0.2) is 0 Å². The van der Waals surface area contributed by atoms with Crippen LogP contribution in [0.5, 0.6) is 0 Å². The van der Waals surface area contributed by atoms with Crippen LogP contribution in [0.3, 0.4) is 0 Å². The maximum Gasteiger partial charge on any atom is 0.282 e. The molecular formula is C13H28ClN3O2S. The van der Waals surface area contributed by atoms with Crippen LogP contribution in [0.4, 0.5) is 0 Å². The minimum Gasteiger partial charge on any atom is -0.330 e. The molecule has 0 aliphatic carbocycles. The van der Waals surface area contributed by atoms with Gasteiger partial charge in [-0.15, -0.1) is 12.4 Å². The van der Waals surface area contributed by atoms with Gasteiger partial charge in [-0.05, 0) is 51.5 Å². The Balaban J connectivity index is 0.00000200. The minimum atomic E-state index is -3.26. The van der Waals surface area contributed by atoms with E-state index in [0.29, 0.717) is 32.1 Å². The van der Waals surface area contributed by atoms with Crippen molar-refractivity contribution in [3.05, 3.63) is 0 Å². The van der Waals surface area contributed by atoms with Crippen molar-refractivity contribution >= 4 is 22.6 Å². The highest BCUT2D eigenvalue weighted by molar-refractivity contribution is 7.86. The summed E-state index contributed by atoms with van der Waals surface area (Å²) in [4.78, 5) is 0. The first-order valence-electron chi connectivity index (χ1n) is 7.52. The number of hydrogen-bond acceptors (Lipinski definition) is 3. The van der Waals surface area contributed by atoms with Crippen molar-refractivity contribution in [1.29, 1.82) is 0 Å². The third kappa shape index (κ3) is 4.07. The van der Waals surface area contributed by atoms with E-state index in [0.717, 1.165) is 38.5 Å². The molecule has 0 saturated carbocycles. The summed E-state index contributed by atoms with van der Waals surface area (Å²) in [5.74, 6) is 0.439. The second-order valence-electron chi connectivity index (χ2n) is 5.91. The largest absolute Gasteiger partial charge is 0.330 e. The van der Waals surface area contributed by atoms with Gasteiger partial charge in [0.05, 0.1) is 0 Å². The number of nitrogens with zero attached hydrogens (tertiary/aromatic N) is 2. The highest BCUT2D eigenvalue weighted by Crippen LogP contribution is 2.27. The molecule has 120 valence electrons. The first-order chi connectivity index (χ1) is 9.05. The SMILES string of the molecule is CC1CCCCN1S(=O)(=O)N1CCCC(CCN)C1.Cl. The maximum absolute atomic E-state index is 12.7. The number of rotatable bonds is 4. The van der Waals surface area contributed by atoms with E-state index in [1.807, 2.05) is 6.92 Å². The van der Waals surface area contributed by atoms with Gasteiger partial charge in [0, 0.05) is 25.7 Å². The summed E-state index contributed by atoms with van der Waals surface area (Å²) in [5.41, 5.74) is 5.60. The van der Waals surface area contributed by atoms with E-state index in [4.69, 9.17) is 5.73 Å². The molecule has 2 heterocycles. The van der Waals surface area contributed by atoms with Gasteiger partial charge in [-0.3, -0.25) is 0 Å². The van der Waals surface area contributed by atoms with Crippen LogP contribution in [-0.2, 0) is 10.2 Å². The summed E-state index contributed by atoms with van der Waals surface area (Å²) in [6, 6.07) is 0.147. The summed E-state index contributed by atoms with van der Waals surface area (Å²) in [7, 11) is -3.26. The molecule has 2 unspecified atom stereocenters. The first kappa shape index (κ1) is 18.2. The fourth-order valence-corrected chi connectivity index (χ4v) is 5.25. The average molecular weight is 326 g/mol. The van der Waals surface area contributed by atoms with E-state index in [-0.39, 0.29) is 18.4 Å². The van der Waals surface area contributed by atoms with Crippen LogP contribution in [0.2, 0.25) is 0 Å². The highest BCUT2D eigenvalue weighted by Gasteiger charge is 2.36. The molecule has 0 bridgehead atoms. The molecule has 0 amide bonds. The fraction of sp³-hybridized carbons (Fsp3) is 1.00. The summed E-state index contributed by atoms with van der Waals surface area (Å²) < 4.78 is 28.8. The molecule has 0 aromatic heterocycles. The van der Waals surface area contributed by atoms with Gasteiger partial charge in [0.1, 0.15) is 0 Å². The van der Waals surface area contributed by atoms with Crippen LogP contribution >= 0.6 is 12.4 Å². The molecule has 2 saturated heterocycles. The van der Waals surface area contributed by atoms with Crippen LogP contribution in [0, 0.1) is 5.92 Å². The zero-order valence-electron chi connectivity index (χ0n) is 12.3. The van der Waals surface area contributed by atoms with Crippen LogP contribution in [-0.4, -0.2) is 49.2 Å². The lowest BCUT2D eigenvalue weighted by Crippen LogP contribution is -2.52. The van der Waals surface area contributed by atoms with Gasteiger partial charge < -0.3 is 5.73 Å². The van der Waals surface area contributed by atoms with E-state index in [1.165, 1.54) is 0 Å². The van der Waals surface area contributed by atoms with Gasteiger partial charge in [-0.2, -0.15) is 17.0 Å². The quantitative estimate of drug-likeness (QED) is 0.853. The molecule has 2 aliphatic rings. The van der Waals surface area contributed by atoms with Crippen LogP contribution in [0.1, 0.15) is 45.4 Å². The molecule has 20 heavy (non-hydrogen) atoms. The first-order valence-corrected chi connectivity index (χ1v) is 8.92. The second kappa shape index (κ2) is 7.94. The van der Waals surface area contributed by atoms with E-state index in [9.17, 15) is 8.42 Å². The molecule has 0 aromatic rings. The zero-order valence-corrected chi connectivity index (χ0v) is 14.0. The van der Waals surface area contributed by atoms with Gasteiger partial charge in [-0.1, -0.05) is 6.42 Å². The van der Waals surface area contributed by atoms with Gasteiger partial charge >= 0.3 is 0 Å². The van der Waals surface area contributed by atoms with E-state index in [2.05, 4.69) is 0 Å². The third-order valence-electron chi connectivity index (χ3n) is 4.42. The van der Waals surface area contributed by atoms with Crippen molar-refractivity contribution in [3.8, 4) is 0 Å². The molecule has 0 spiro atoms. The summed E-state index contributed by atoms with van der Waals surface area (Å²) in [6.07, 6.45) is 6.12. The lowest BCUT2D eigenvalue weighted by molar-refractivity contribution is 0.210. The maximum atomic E-state index is 12.7. The van der Waals surface area contributed by atoms with Gasteiger partial charge in [0.2, 0.25) is 0 Å². The summed E-state index contributed by atoms with van der Waals surface area (Å²) >= 11 is 0. The smallest absolute Gasteiger partial charge is 0.282 e. The fourth-order valence-electron chi connectivity index (χ4n) is 3.27. The van der Waals surface area contributed by atoms with E-state index in [1.54, 1.807) is 8.61 Å². The second-order valence-corrected chi connectivity index (χ2v) is 7.79. The molecule has 2 N–H and O–H groups in total. The van der Waals surface area contributed by atoms with Crippen LogP contribution in [0.25, 0.3) is 0 Å². The van der Waals surface area contributed by atoms with Crippen molar-refractivity contribution in [2.75, 3.05) is 26.2 Å². The lowest BCUT2D eigenvalue weighted by atomic mass is 9.96. The monoisotopic (exact) mass is 325 g/mol. The lowest BCUT2D eigenvalue weighted by Gasteiger charge is -2.39. The molecule has 2 fully saturated rings.